The van der Waals surface area contributed by atoms with Crippen LogP contribution in [-0.2, 0) is 0 Å². The number of rotatable bonds is 2. The minimum absolute atomic E-state index is 0.376. The molecule has 0 bridgehead atoms. The first-order valence-electron chi connectivity index (χ1n) is 3.81. The molecule has 0 radical (unpaired) electrons. The van der Waals surface area contributed by atoms with Crippen LogP contribution < -0.4 is 5.32 Å². The van der Waals surface area contributed by atoms with Crippen molar-refractivity contribution in [3.05, 3.63) is 0 Å². The van der Waals surface area contributed by atoms with E-state index in [1.165, 1.54) is 0 Å². The van der Waals surface area contributed by atoms with Crippen LogP contribution in [-0.4, -0.2) is 31.2 Å². The molecule has 1 fully saturated rings. The largest absolute Gasteiger partial charge is 0.396 e. The van der Waals surface area contributed by atoms with Gasteiger partial charge in [0.15, 0.2) is 0 Å². The molecule has 0 amide bonds. The quantitative estimate of drug-likeness (QED) is 0.628. The van der Waals surface area contributed by atoms with Gasteiger partial charge in [-0.25, -0.2) is 8.78 Å². The zero-order valence-electron chi connectivity index (χ0n) is 6.32. The van der Waals surface area contributed by atoms with Gasteiger partial charge in [0.25, 0.3) is 0 Å². The zero-order valence-corrected chi connectivity index (χ0v) is 6.32. The number of hydrogen-bond donors (Lipinski definition) is 2. The number of aliphatic hydroxyl groups excluding tert-OH is 1. The summed E-state index contributed by atoms with van der Waals surface area (Å²) in [5.41, 5.74) is -1.12. The van der Waals surface area contributed by atoms with Crippen molar-refractivity contribution in [3.8, 4) is 0 Å². The van der Waals surface area contributed by atoms with Crippen LogP contribution in [0.1, 0.15) is 12.8 Å². The predicted molar refractivity (Wildman–Crippen MR) is 37.6 cm³/mol. The molecular weight excluding hydrogens is 152 g/mol. The van der Waals surface area contributed by atoms with Gasteiger partial charge in [0.05, 0.1) is 12.0 Å². The Kier molecular flexibility index (Phi) is 2.78. The van der Waals surface area contributed by atoms with E-state index in [0.29, 0.717) is 25.9 Å². The molecule has 0 spiro atoms. The third kappa shape index (κ3) is 1.68. The molecule has 0 aromatic rings. The summed E-state index contributed by atoms with van der Waals surface area (Å²) >= 11 is 0. The van der Waals surface area contributed by atoms with E-state index in [2.05, 4.69) is 5.32 Å². The van der Waals surface area contributed by atoms with E-state index in [0.717, 1.165) is 0 Å². The normalized spacial score (nSPS) is 24.0. The smallest absolute Gasteiger partial charge is 0.246 e. The highest BCUT2D eigenvalue weighted by molar-refractivity contribution is 4.86. The molecule has 1 saturated heterocycles. The Morgan fingerprint density at radius 2 is 1.91 bits per heavy atom. The van der Waals surface area contributed by atoms with Crippen LogP contribution in [0.15, 0.2) is 0 Å². The SMILES string of the molecule is OCC1(C(F)F)CCNCC1. The first-order chi connectivity index (χ1) is 5.21. The molecule has 0 saturated carbocycles. The van der Waals surface area contributed by atoms with Crippen molar-refractivity contribution >= 4 is 0 Å². The summed E-state index contributed by atoms with van der Waals surface area (Å²) in [7, 11) is 0. The molecule has 4 heteroatoms. The van der Waals surface area contributed by atoms with Crippen molar-refractivity contribution in [2.24, 2.45) is 5.41 Å². The first-order valence-corrected chi connectivity index (χ1v) is 3.81. The van der Waals surface area contributed by atoms with Crippen LogP contribution >= 0.6 is 0 Å². The lowest BCUT2D eigenvalue weighted by Crippen LogP contribution is -2.43. The van der Waals surface area contributed by atoms with Gasteiger partial charge in [0, 0.05) is 0 Å². The lowest BCUT2D eigenvalue weighted by atomic mass is 9.80. The van der Waals surface area contributed by atoms with Crippen LogP contribution in [0.5, 0.6) is 0 Å². The van der Waals surface area contributed by atoms with Gasteiger partial charge in [-0.1, -0.05) is 0 Å². The molecule has 11 heavy (non-hydrogen) atoms. The van der Waals surface area contributed by atoms with E-state index >= 15 is 0 Å². The molecular formula is C7H13F2NO. The summed E-state index contributed by atoms with van der Waals surface area (Å²) in [5, 5.41) is 11.8. The van der Waals surface area contributed by atoms with E-state index < -0.39 is 18.4 Å². The Morgan fingerprint density at radius 1 is 1.36 bits per heavy atom. The molecule has 0 aromatic heterocycles. The van der Waals surface area contributed by atoms with Crippen molar-refractivity contribution in [3.63, 3.8) is 0 Å². The van der Waals surface area contributed by atoms with E-state index in [9.17, 15) is 8.78 Å². The van der Waals surface area contributed by atoms with Gasteiger partial charge in [0.1, 0.15) is 0 Å². The average Bonchev–Trinajstić information content (AvgIpc) is 2.05. The molecule has 0 aliphatic carbocycles. The summed E-state index contributed by atoms with van der Waals surface area (Å²) in [6.07, 6.45) is -1.64. The maximum Gasteiger partial charge on any atom is 0.246 e. The standard InChI is InChI=1S/C7H13F2NO/c8-6(9)7(5-11)1-3-10-4-2-7/h6,10-11H,1-5H2. The second kappa shape index (κ2) is 3.45. The molecule has 1 aliphatic rings. The fraction of sp³-hybridized carbons (Fsp3) is 1.00. The summed E-state index contributed by atoms with van der Waals surface area (Å²) in [5.74, 6) is 0. The Balaban J connectivity index is 2.57. The Morgan fingerprint density at radius 3 is 2.18 bits per heavy atom. The van der Waals surface area contributed by atoms with Crippen molar-refractivity contribution in [2.75, 3.05) is 19.7 Å². The van der Waals surface area contributed by atoms with Crippen molar-refractivity contribution in [1.29, 1.82) is 0 Å². The van der Waals surface area contributed by atoms with E-state index in [4.69, 9.17) is 5.11 Å². The highest BCUT2D eigenvalue weighted by atomic mass is 19.3. The fourth-order valence-corrected chi connectivity index (χ4v) is 1.37. The van der Waals surface area contributed by atoms with Gasteiger partial charge in [-0.3, -0.25) is 0 Å². The number of hydrogen-bond acceptors (Lipinski definition) is 2. The molecule has 1 rings (SSSR count). The fourth-order valence-electron chi connectivity index (χ4n) is 1.37. The van der Waals surface area contributed by atoms with Crippen molar-refractivity contribution in [2.45, 2.75) is 19.3 Å². The lowest BCUT2D eigenvalue weighted by Gasteiger charge is -2.34. The number of piperidine rings is 1. The summed E-state index contributed by atoms with van der Waals surface area (Å²) in [6.45, 7) is 0.780. The predicted octanol–water partition coefficient (Wildman–Crippen LogP) is 0.614. The van der Waals surface area contributed by atoms with Crippen LogP contribution in [0, 0.1) is 5.41 Å². The van der Waals surface area contributed by atoms with Gasteiger partial charge in [0.2, 0.25) is 6.43 Å². The van der Waals surface area contributed by atoms with Crippen LogP contribution in [0.25, 0.3) is 0 Å². The van der Waals surface area contributed by atoms with Gasteiger partial charge in [-0.2, -0.15) is 0 Å². The Bertz CT molecular complexity index is 124. The van der Waals surface area contributed by atoms with Crippen molar-refractivity contribution in [1.82, 2.24) is 5.32 Å². The summed E-state index contributed by atoms with van der Waals surface area (Å²) in [6, 6.07) is 0. The van der Waals surface area contributed by atoms with Gasteiger partial charge in [-0.05, 0) is 25.9 Å². The lowest BCUT2D eigenvalue weighted by molar-refractivity contribution is -0.0605. The highest BCUT2D eigenvalue weighted by Crippen LogP contribution is 2.34. The maximum absolute atomic E-state index is 12.4. The number of aliphatic hydroxyl groups is 1. The molecule has 0 atom stereocenters. The van der Waals surface area contributed by atoms with Crippen LogP contribution in [0.3, 0.4) is 0 Å². The average molecular weight is 165 g/mol. The molecule has 0 unspecified atom stereocenters. The minimum atomic E-state index is -2.39. The molecule has 1 aliphatic heterocycles. The first kappa shape index (κ1) is 8.87. The third-order valence-corrected chi connectivity index (χ3v) is 2.38. The minimum Gasteiger partial charge on any atom is -0.396 e. The van der Waals surface area contributed by atoms with E-state index in [1.54, 1.807) is 0 Å². The van der Waals surface area contributed by atoms with Crippen LogP contribution in [0.2, 0.25) is 0 Å². The molecule has 0 aromatic carbocycles. The van der Waals surface area contributed by atoms with Gasteiger partial charge >= 0.3 is 0 Å². The third-order valence-electron chi connectivity index (χ3n) is 2.38. The Hall–Kier alpha value is -0.220. The molecule has 2 nitrogen and oxygen atoms in total. The number of nitrogens with one attached hydrogen (secondary N) is 1. The van der Waals surface area contributed by atoms with Gasteiger partial charge in [-0.15, -0.1) is 0 Å². The second-order valence-corrected chi connectivity index (χ2v) is 3.07. The Labute approximate surface area is 64.6 Å². The van der Waals surface area contributed by atoms with Crippen molar-refractivity contribution < 1.29 is 13.9 Å². The van der Waals surface area contributed by atoms with E-state index in [1.807, 2.05) is 0 Å². The highest BCUT2D eigenvalue weighted by Gasteiger charge is 2.40. The summed E-state index contributed by atoms with van der Waals surface area (Å²) < 4.78 is 24.8. The van der Waals surface area contributed by atoms with Gasteiger partial charge < -0.3 is 10.4 Å². The topological polar surface area (TPSA) is 32.3 Å². The number of alkyl halides is 2. The van der Waals surface area contributed by atoms with E-state index in [-0.39, 0.29) is 0 Å². The van der Waals surface area contributed by atoms with Crippen LogP contribution in [0.4, 0.5) is 8.78 Å². The number of halogens is 2. The molecule has 2 N–H and O–H groups in total. The second-order valence-electron chi connectivity index (χ2n) is 3.07. The monoisotopic (exact) mass is 165 g/mol. The molecule has 66 valence electrons. The molecule has 1 heterocycles. The zero-order chi connectivity index (χ0) is 8.32. The maximum atomic E-state index is 12.4. The summed E-state index contributed by atoms with van der Waals surface area (Å²) in [4.78, 5) is 0.